The molecule has 0 bridgehead atoms. The molecule has 1 aromatic rings. The van der Waals surface area contributed by atoms with Gasteiger partial charge in [0.05, 0.1) is 10.6 Å². The molecule has 2 rings (SSSR count). The highest BCUT2D eigenvalue weighted by Crippen LogP contribution is 2.20. The molecule has 1 amide bonds. The van der Waals surface area contributed by atoms with Crippen molar-refractivity contribution in [1.29, 1.82) is 0 Å². The van der Waals surface area contributed by atoms with Crippen molar-refractivity contribution >= 4 is 47.4 Å². The van der Waals surface area contributed by atoms with Crippen LogP contribution in [0.5, 0.6) is 0 Å². The van der Waals surface area contributed by atoms with Crippen LogP contribution in [0, 0.1) is 11.8 Å². The molecule has 0 aromatic heterocycles. The predicted molar refractivity (Wildman–Crippen MR) is 115 cm³/mol. The number of piperidine rings is 1. The Morgan fingerprint density at radius 1 is 1.20 bits per heavy atom. The molecule has 25 heavy (non-hydrogen) atoms. The first-order valence-electron chi connectivity index (χ1n) is 8.49. The van der Waals surface area contributed by atoms with Gasteiger partial charge in [0.25, 0.3) is 5.91 Å². The molecular weight excluding hydrogens is 451 g/mol. The number of rotatable bonds is 4. The van der Waals surface area contributed by atoms with E-state index in [0.717, 1.165) is 19.0 Å². The summed E-state index contributed by atoms with van der Waals surface area (Å²) in [5, 5.41) is 6.68. The summed E-state index contributed by atoms with van der Waals surface area (Å²) in [6.45, 7) is 7.75. The number of hydrogen-bond donors (Lipinski definition) is 2. The first-order chi connectivity index (χ1) is 11.5. The van der Waals surface area contributed by atoms with Gasteiger partial charge in [0, 0.05) is 33.2 Å². The molecule has 0 spiro atoms. The third-order valence-electron chi connectivity index (χ3n) is 4.19. The van der Waals surface area contributed by atoms with E-state index < -0.39 is 0 Å². The van der Waals surface area contributed by atoms with Gasteiger partial charge in [-0.15, -0.1) is 24.0 Å². The van der Waals surface area contributed by atoms with Crippen LogP contribution >= 0.6 is 35.6 Å². The quantitative estimate of drug-likeness (QED) is 0.302. The number of halogens is 2. The Morgan fingerprint density at radius 2 is 1.80 bits per heavy atom. The number of amides is 1. The second kappa shape index (κ2) is 10.9. The van der Waals surface area contributed by atoms with Crippen LogP contribution in [0.2, 0.25) is 5.02 Å². The summed E-state index contributed by atoms with van der Waals surface area (Å²) in [7, 11) is 1.80. The van der Waals surface area contributed by atoms with Gasteiger partial charge in [-0.2, -0.15) is 0 Å². The molecule has 7 heteroatoms. The first-order valence-corrected chi connectivity index (χ1v) is 8.87. The van der Waals surface area contributed by atoms with Crippen LogP contribution in [0.3, 0.4) is 0 Å². The lowest BCUT2D eigenvalue weighted by Crippen LogP contribution is -2.49. The molecule has 5 nitrogen and oxygen atoms in total. The summed E-state index contributed by atoms with van der Waals surface area (Å²) in [5.41, 5.74) is 0.502. The molecule has 2 N–H and O–H groups in total. The first kappa shape index (κ1) is 22.0. The van der Waals surface area contributed by atoms with Crippen molar-refractivity contribution in [2.75, 3.05) is 33.2 Å². The van der Waals surface area contributed by atoms with Crippen LogP contribution in [0.25, 0.3) is 0 Å². The molecule has 1 aliphatic heterocycles. The second-order valence-corrected chi connectivity index (χ2v) is 6.97. The third-order valence-corrected chi connectivity index (χ3v) is 4.52. The van der Waals surface area contributed by atoms with Crippen LogP contribution in [-0.2, 0) is 0 Å². The molecule has 2 atom stereocenters. The van der Waals surface area contributed by atoms with E-state index in [1.165, 1.54) is 6.42 Å². The van der Waals surface area contributed by atoms with Crippen LogP contribution in [-0.4, -0.2) is 50.0 Å². The standard InChI is InChI=1S/C18H27ClN4O.HI/c1-13-10-14(2)12-23(11-13)18(20-3)22-9-8-21-17(24)15-6-4-5-7-16(15)19;/h4-7,13-14H,8-12H2,1-3H3,(H,20,22)(H,21,24);1H. The average molecular weight is 479 g/mol. The molecule has 2 unspecified atom stereocenters. The van der Waals surface area contributed by atoms with Gasteiger partial charge in [-0.1, -0.05) is 37.6 Å². The van der Waals surface area contributed by atoms with E-state index in [9.17, 15) is 4.79 Å². The third kappa shape index (κ3) is 6.66. The summed E-state index contributed by atoms with van der Waals surface area (Å²) in [5.74, 6) is 2.09. The lowest BCUT2D eigenvalue weighted by Gasteiger charge is -2.37. The number of hydrogen-bond acceptors (Lipinski definition) is 2. The van der Waals surface area contributed by atoms with E-state index in [2.05, 4.69) is 34.4 Å². The molecule has 0 saturated carbocycles. The number of nitrogens with one attached hydrogen (secondary N) is 2. The van der Waals surface area contributed by atoms with E-state index in [-0.39, 0.29) is 29.9 Å². The van der Waals surface area contributed by atoms with Crippen LogP contribution < -0.4 is 10.6 Å². The Kier molecular flexibility index (Phi) is 9.56. The minimum Gasteiger partial charge on any atom is -0.354 e. The van der Waals surface area contributed by atoms with Gasteiger partial charge >= 0.3 is 0 Å². The normalized spacial score (nSPS) is 20.6. The number of likely N-dealkylation sites (tertiary alicyclic amines) is 1. The average Bonchev–Trinajstić information content (AvgIpc) is 2.54. The Bertz CT molecular complexity index is 586. The summed E-state index contributed by atoms with van der Waals surface area (Å²) >= 11 is 6.03. The zero-order chi connectivity index (χ0) is 17.5. The zero-order valence-electron chi connectivity index (χ0n) is 15.1. The van der Waals surface area contributed by atoms with Crippen LogP contribution in [0.1, 0.15) is 30.6 Å². The van der Waals surface area contributed by atoms with Gasteiger partial charge < -0.3 is 15.5 Å². The Morgan fingerprint density at radius 3 is 2.40 bits per heavy atom. The van der Waals surface area contributed by atoms with E-state index in [4.69, 9.17) is 11.6 Å². The Labute approximate surface area is 172 Å². The number of nitrogens with zero attached hydrogens (tertiary/aromatic N) is 2. The highest BCUT2D eigenvalue weighted by molar-refractivity contribution is 14.0. The van der Waals surface area contributed by atoms with Gasteiger partial charge in [-0.05, 0) is 30.4 Å². The molecule has 1 heterocycles. The van der Waals surface area contributed by atoms with Crippen LogP contribution in [0.15, 0.2) is 29.3 Å². The molecule has 0 aliphatic carbocycles. The van der Waals surface area contributed by atoms with Crippen molar-refractivity contribution in [2.45, 2.75) is 20.3 Å². The molecule has 1 fully saturated rings. The highest BCUT2D eigenvalue weighted by atomic mass is 127. The van der Waals surface area contributed by atoms with Gasteiger partial charge in [-0.3, -0.25) is 9.79 Å². The van der Waals surface area contributed by atoms with Crippen LogP contribution in [0.4, 0.5) is 0 Å². The number of carbonyl (C=O) groups excluding carboxylic acids is 1. The Hall–Kier alpha value is -1.02. The Balaban J connectivity index is 0.00000312. The van der Waals surface area contributed by atoms with Gasteiger partial charge in [0.1, 0.15) is 0 Å². The lowest BCUT2D eigenvalue weighted by atomic mass is 9.92. The van der Waals surface area contributed by atoms with Crippen molar-refractivity contribution < 1.29 is 4.79 Å². The predicted octanol–water partition coefficient (Wildman–Crippen LogP) is 3.24. The smallest absolute Gasteiger partial charge is 0.252 e. The maximum Gasteiger partial charge on any atom is 0.252 e. The van der Waals surface area contributed by atoms with Gasteiger partial charge in [0.2, 0.25) is 0 Å². The zero-order valence-corrected chi connectivity index (χ0v) is 18.2. The minimum absolute atomic E-state index is 0. The minimum atomic E-state index is -0.155. The van der Waals surface area contributed by atoms with E-state index in [1.54, 1.807) is 25.2 Å². The lowest BCUT2D eigenvalue weighted by molar-refractivity contribution is 0.0954. The van der Waals surface area contributed by atoms with E-state index in [0.29, 0.717) is 35.5 Å². The fourth-order valence-electron chi connectivity index (χ4n) is 3.26. The number of benzene rings is 1. The summed E-state index contributed by atoms with van der Waals surface area (Å²) in [6.07, 6.45) is 1.27. The highest BCUT2D eigenvalue weighted by Gasteiger charge is 2.23. The molecular formula is C18H28ClIN4O. The van der Waals surface area contributed by atoms with Gasteiger partial charge in [0.15, 0.2) is 5.96 Å². The van der Waals surface area contributed by atoms with Crippen molar-refractivity contribution in [3.63, 3.8) is 0 Å². The maximum absolute atomic E-state index is 12.1. The van der Waals surface area contributed by atoms with Crippen molar-refractivity contribution in [2.24, 2.45) is 16.8 Å². The van der Waals surface area contributed by atoms with Crippen molar-refractivity contribution in [3.05, 3.63) is 34.9 Å². The largest absolute Gasteiger partial charge is 0.354 e. The molecule has 140 valence electrons. The molecule has 1 saturated heterocycles. The number of aliphatic imine (C=N–C) groups is 1. The topological polar surface area (TPSA) is 56.7 Å². The monoisotopic (exact) mass is 478 g/mol. The summed E-state index contributed by atoms with van der Waals surface area (Å²) in [4.78, 5) is 18.8. The fraction of sp³-hybridized carbons (Fsp3) is 0.556. The summed E-state index contributed by atoms with van der Waals surface area (Å²) < 4.78 is 0. The number of guanidine groups is 1. The van der Waals surface area contributed by atoms with Crippen molar-refractivity contribution in [1.82, 2.24) is 15.5 Å². The molecule has 0 radical (unpaired) electrons. The van der Waals surface area contributed by atoms with Gasteiger partial charge in [-0.25, -0.2) is 0 Å². The SMILES string of the molecule is CN=C(NCCNC(=O)c1ccccc1Cl)N1CC(C)CC(C)C1.I. The fourth-order valence-corrected chi connectivity index (χ4v) is 3.48. The van der Waals surface area contributed by atoms with E-state index >= 15 is 0 Å². The number of carbonyl (C=O) groups is 1. The maximum atomic E-state index is 12.1. The van der Waals surface area contributed by atoms with E-state index in [1.807, 2.05) is 6.07 Å². The molecule has 1 aliphatic rings. The van der Waals surface area contributed by atoms with Crippen molar-refractivity contribution in [3.8, 4) is 0 Å². The second-order valence-electron chi connectivity index (χ2n) is 6.56. The molecule has 1 aromatic carbocycles. The summed E-state index contributed by atoms with van der Waals surface area (Å²) in [6, 6.07) is 7.06.